The van der Waals surface area contributed by atoms with Crippen LogP contribution in [-0.4, -0.2) is 40.0 Å². The highest BCUT2D eigenvalue weighted by Gasteiger charge is 2.12. The summed E-state index contributed by atoms with van der Waals surface area (Å²) in [6, 6.07) is 1.22. The number of carboxylic acid groups (broad SMARTS) is 1. The van der Waals surface area contributed by atoms with Gasteiger partial charge in [-0.05, 0) is 6.92 Å². The van der Waals surface area contributed by atoms with E-state index in [-0.39, 0.29) is 19.5 Å². The number of carbonyl (C=O) groups excluding carboxylic acids is 1. The van der Waals surface area contributed by atoms with Gasteiger partial charge in [-0.15, -0.1) is 0 Å². The van der Waals surface area contributed by atoms with Crippen molar-refractivity contribution < 1.29 is 24.3 Å². The van der Waals surface area contributed by atoms with Crippen molar-refractivity contribution in [2.24, 2.45) is 0 Å². The zero-order valence-corrected chi connectivity index (χ0v) is 9.84. The summed E-state index contributed by atoms with van der Waals surface area (Å²) in [4.78, 5) is 21.6. The van der Waals surface area contributed by atoms with Crippen LogP contribution in [0.1, 0.15) is 17.9 Å². The summed E-state index contributed by atoms with van der Waals surface area (Å²) >= 11 is 0. The maximum atomic E-state index is 11.3. The van der Waals surface area contributed by atoms with Crippen LogP contribution in [0, 0.1) is 6.92 Å². The molecule has 1 heterocycles. The fraction of sp³-hybridized carbons (Fsp3) is 0.500. The number of rotatable bonds is 6. The molecule has 1 aromatic heterocycles. The topological polar surface area (TPSA) is 125 Å². The van der Waals surface area contributed by atoms with Crippen LogP contribution in [0.3, 0.4) is 0 Å². The number of nitrogens with zero attached hydrogens (tertiary/aromatic N) is 1. The zero-order chi connectivity index (χ0) is 13.5. The highest BCUT2D eigenvalue weighted by molar-refractivity contribution is 5.74. The lowest BCUT2D eigenvalue weighted by Gasteiger charge is -2.07. The SMILES string of the molecule is Cc1cc(CNC(=O)NCC[C@H](O)C(=O)O)no1. The normalized spacial score (nSPS) is 11.9. The largest absolute Gasteiger partial charge is 0.479 e. The molecule has 0 aliphatic rings. The van der Waals surface area contributed by atoms with E-state index in [1.54, 1.807) is 13.0 Å². The molecule has 0 aromatic carbocycles. The number of aromatic nitrogens is 1. The molecule has 1 aromatic rings. The fourth-order valence-corrected chi connectivity index (χ4v) is 1.18. The quantitative estimate of drug-likeness (QED) is 0.550. The summed E-state index contributed by atoms with van der Waals surface area (Å²) < 4.78 is 4.82. The van der Waals surface area contributed by atoms with E-state index in [4.69, 9.17) is 14.7 Å². The molecule has 2 amide bonds. The average molecular weight is 257 g/mol. The van der Waals surface area contributed by atoms with E-state index in [2.05, 4.69) is 15.8 Å². The van der Waals surface area contributed by atoms with Gasteiger partial charge in [-0.2, -0.15) is 0 Å². The van der Waals surface area contributed by atoms with E-state index >= 15 is 0 Å². The van der Waals surface area contributed by atoms with Crippen LogP contribution in [0.4, 0.5) is 4.79 Å². The maximum absolute atomic E-state index is 11.3. The minimum absolute atomic E-state index is 0.0498. The molecular formula is C10H15N3O5. The Morgan fingerprint density at radius 1 is 1.50 bits per heavy atom. The molecule has 18 heavy (non-hydrogen) atoms. The second-order valence-electron chi connectivity index (χ2n) is 3.68. The van der Waals surface area contributed by atoms with Crippen LogP contribution in [0.25, 0.3) is 0 Å². The van der Waals surface area contributed by atoms with Crippen LogP contribution in [0.15, 0.2) is 10.6 Å². The second-order valence-corrected chi connectivity index (χ2v) is 3.68. The van der Waals surface area contributed by atoms with Crippen molar-refractivity contribution in [3.05, 3.63) is 17.5 Å². The first-order valence-electron chi connectivity index (χ1n) is 5.34. The van der Waals surface area contributed by atoms with Gasteiger partial charge in [0.1, 0.15) is 11.5 Å². The molecule has 8 nitrogen and oxygen atoms in total. The number of carbonyl (C=O) groups is 2. The Labute approximate surface area is 103 Å². The highest BCUT2D eigenvalue weighted by atomic mass is 16.5. The summed E-state index contributed by atoms with van der Waals surface area (Å²) in [5, 5.41) is 26.0. The van der Waals surface area contributed by atoms with Gasteiger partial charge in [-0.3, -0.25) is 0 Å². The van der Waals surface area contributed by atoms with Crippen LogP contribution in [0.5, 0.6) is 0 Å². The molecule has 0 fully saturated rings. The van der Waals surface area contributed by atoms with Crippen LogP contribution in [-0.2, 0) is 11.3 Å². The molecule has 0 radical (unpaired) electrons. The minimum Gasteiger partial charge on any atom is -0.479 e. The fourth-order valence-electron chi connectivity index (χ4n) is 1.18. The van der Waals surface area contributed by atoms with Crippen molar-refractivity contribution in [3.8, 4) is 0 Å². The number of aryl methyl sites for hydroxylation is 1. The Hall–Kier alpha value is -2.09. The summed E-state index contributed by atoms with van der Waals surface area (Å²) in [5.74, 6) is -0.660. The molecule has 0 aliphatic heterocycles. The molecular weight excluding hydrogens is 242 g/mol. The van der Waals surface area contributed by atoms with E-state index in [9.17, 15) is 9.59 Å². The van der Waals surface area contributed by atoms with E-state index in [1.165, 1.54) is 0 Å². The average Bonchev–Trinajstić information content (AvgIpc) is 2.72. The van der Waals surface area contributed by atoms with Gasteiger partial charge in [-0.1, -0.05) is 5.16 Å². The molecule has 8 heteroatoms. The van der Waals surface area contributed by atoms with Crippen molar-refractivity contribution in [1.82, 2.24) is 15.8 Å². The van der Waals surface area contributed by atoms with E-state index in [1.807, 2.05) is 0 Å². The van der Waals surface area contributed by atoms with Gasteiger partial charge < -0.3 is 25.4 Å². The predicted molar refractivity (Wildman–Crippen MR) is 59.7 cm³/mol. The standard InChI is InChI=1S/C10H15N3O5/c1-6-4-7(13-18-6)5-12-10(17)11-3-2-8(14)9(15)16/h4,8,14H,2-3,5H2,1H3,(H,15,16)(H2,11,12,17)/t8-/m0/s1. The van der Waals surface area contributed by atoms with Gasteiger partial charge in [0.15, 0.2) is 6.10 Å². The summed E-state index contributed by atoms with van der Waals surface area (Å²) in [6.07, 6.45) is -1.52. The summed E-state index contributed by atoms with van der Waals surface area (Å²) in [6.45, 7) is 2.02. The van der Waals surface area contributed by atoms with Gasteiger partial charge in [0, 0.05) is 19.0 Å². The molecule has 100 valence electrons. The van der Waals surface area contributed by atoms with Crippen molar-refractivity contribution in [2.75, 3.05) is 6.54 Å². The first-order valence-corrected chi connectivity index (χ1v) is 5.34. The number of urea groups is 1. The first kappa shape index (κ1) is 14.0. The predicted octanol–water partition coefficient (Wildman–Crippen LogP) is -0.382. The van der Waals surface area contributed by atoms with Crippen LogP contribution >= 0.6 is 0 Å². The molecule has 4 N–H and O–H groups in total. The monoisotopic (exact) mass is 257 g/mol. The zero-order valence-electron chi connectivity index (χ0n) is 9.84. The van der Waals surface area contributed by atoms with Crippen LogP contribution < -0.4 is 10.6 Å². The number of aliphatic hydroxyl groups is 1. The van der Waals surface area contributed by atoms with Crippen molar-refractivity contribution in [2.45, 2.75) is 26.0 Å². The summed E-state index contributed by atoms with van der Waals surface area (Å²) in [5.41, 5.74) is 0.591. The van der Waals surface area contributed by atoms with Gasteiger partial charge in [0.2, 0.25) is 0 Å². The van der Waals surface area contributed by atoms with Gasteiger partial charge in [0.05, 0.1) is 6.54 Å². The third kappa shape index (κ3) is 4.83. The number of aliphatic hydroxyl groups excluding tert-OH is 1. The molecule has 0 saturated carbocycles. The Kier molecular flexibility index (Phi) is 5.12. The number of amides is 2. The van der Waals surface area contributed by atoms with E-state index in [0.717, 1.165) is 0 Å². The molecule has 1 rings (SSSR count). The molecule has 0 unspecified atom stereocenters. The second kappa shape index (κ2) is 6.60. The number of aliphatic carboxylic acids is 1. The molecule has 1 atom stereocenters. The van der Waals surface area contributed by atoms with E-state index in [0.29, 0.717) is 11.5 Å². The number of hydrogen-bond donors (Lipinski definition) is 4. The Balaban J connectivity index is 2.16. The highest BCUT2D eigenvalue weighted by Crippen LogP contribution is 2.00. The minimum atomic E-state index is -1.47. The summed E-state index contributed by atoms with van der Waals surface area (Å²) in [7, 11) is 0. The van der Waals surface area contributed by atoms with Gasteiger partial charge in [-0.25, -0.2) is 9.59 Å². The van der Waals surface area contributed by atoms with Crippen molar-refractivity contribution >= 4 is 12.0 Å². The number of carboxylic acids is 1. The smallest absolute Gasteiger partial charge is 0.332 e. The third-order valence-electron chi connectivity index (χ3n) is 2.10. The van der Waals surface area contributed by atoms with Crippen LogP contribution in [0.2, 0.25) is 0 Å². The lowest BCUT2D eigenvalue weighted by atomic mass is 10.2. The molecule has 0 bridgehead atoms. The van der Waals surface area contributed by atoms with Crippen molar-refractivity contribution in [1.29, 1.82) is 0 Å². The van der Waals surface area contributed by atoms with Gasteiger partial charge in [0.25, 0.3) is 0 Å². The van der Waals surface area contributed by atoms with Crippen molar-refractivity contribution in [3.63, 3.8) is 0 Å². The Bertz CT molecular complexity index is 417. The Morgan fingerprint density at radius 3 is 2.78 bits per heavy atom. The molecule has 0 aliphatic carbocycles. The Morgan fingerprint density at radius 2 is 2.22 bits per heavy atom. The number of hydrogen-bond acceptors (Lipinski definition) is 5. The lowest BCUT2D eigenvalue weighted by Crippen LogP contribution is -2.37. The third-order valence-corrected chi connectivity index (χ3v) is 2.10. The maximum Gasteiger partial charge on any atom is 0.332 e. The lowest BCUT2D eigenvalue weighted by molar-refractivity contribution is -0.146. The first-order chi connectivity index (χ1) is 8.49. The van der Waals surface area contributed by atoms with E-state index < -0.39 is 18.1 Å². The van der Waals surface area contributed by atoms with Gasteiger partial charge >= 0.3 is 12.0 Å². The number of nitrogens with one attached hydrogen (secondary N) is 2. The molecule has 0 spiro atoms. The molecule has 0 saturated heterocycles.